The number of hydrogen-bond donors (Lipinski definition) is 1. The summed E-state index contributed by atoms with van der Waals surface area (Å²) in [7, 11) is 1.71. The van der Waals surface area contributed by atoms with Crippen LogP contribution in [0.4, 0.5) is 5.69 Å². The fraction of sp³-hybridized carbons (Fsp3) is 0.400. The summed E-state index contributed by atoms with van der Waals surface area (Å²) in [4.78, 5) is 7.24. The van der Waals surface area contributed by atoms with Crippen molar-refractivity contribution in [2.24, 2.45) is 0 Å². The van der Waals surface area contributed by atoms with Gasteiger partial charge in [0, 0.05) is 34.9 Å². The van der Waals surface area contributed by atoms with Crippen molar-refractivity contribution in [3.63, 3.8) is 0 Å². The first kappa shape index (κ1) is 21.0. The Hall–Kier alpha value is -2.30. The molecule has 4 nitrogen and oxygen atoms in total. The molecule has 30 heavy (non-hydrogen) atoms. The lowest BCUT2D eigenvalue weighted by Crippen LogP contribution is -2.43. The predicted octanol–water partition coefficient (Wildman–Crippen LogP) is 5.19. The molecule has 2 heterocycles. The molecule has 0 radical (unpaired) electrons. The summed E-state index contributed by atoms with van der Waals surface area (Å²) in [5.74, 6) is 0.888. The van der Waals surface area contributed by atoms with E-state index >= 15 is 0 Å². The number of ether oxygens (including phenoxy) is 1. The van der Waals surface area contributed by atoms with E-state index in [1.807, 2.05) is 24.4 Å². The van der Waals surface area contributed by atoms with Gasteiger partial charge in [0.2, 0.25) is 0 Å². The smallest absolute Gasteiger partial charge is 0.119 e. The number of pyridine rings is 1. The Labute approximate surface area is 184 Å². The van der Waals surface area contributed by atoms with E-state index in [0.717, 1.165) is 55.4 Å². The van der Waals surface area contributed by atoms with Crippen LogP contribution in [0.3, 0.4) is 0 Å². The monoisotopic (exact) mass is 423 g/mol. The van der Waals surface area contributed by atoms with Crippen molar-refractivity contribution in [1.82, 2.24) is 10.3 Å². The number of hydrogen-bond acceptors (Lipinski definition) is 4. The normalized spacial score (nSPS) is 21.9. The van der Waals surface area contributed by atoms with Crippen molar-refractivity contribution in [2.75, 3.05) is 25.1 Å². The van der Waals surface area contributed by atoms with E-state index in [1.165, 1.54) is 11.3 Å². The van der Waals surface area contributed by atoms with Crippen molar-refractivity contribution in [3.8, 4) is 5.75 Å². The van der Waals surface area contributed by atoms with E-state index in [1.54, 1.807) is 7.11 Å². The number of nitrogens with zero attached hydrogens (tertiary/aromatic N) is 2. The summed E-state index contributed by atoms with van der Waals surface area (Å²) < 4.78 is 5.36. The highest BCUT2D eigenvalue weighted by Crippen LogP contribution is 2.34. The minimum atomic E-state index is -0.117. The van der Waals surface area contributed by atoms with Gasteiger partial charge in [-0.2, -0.15) is 0 Å². The lowest BCUT2D eigenvalue weighted by molar-refractivity contribution is 0.413. The van der Waals surface area contributed by atoms with Gasteiger partial charge in [-0.05, 0) is 80.4 Å². The fourth-order valence-corrected chi connectivity index (χ4v) is 4.44. The van der Waals surface area contributed by atoms with Crippen LogP contribution in [0.25, 0.3) is 0 Å². The number of anilines is 1. The second kappa shape index (κ2) is 9.23. The van der Waals surface area contributed by atoms with Gasteiger partial charge in [0.25, 0.3) is 0 Å². The predicted molar refractivity (Wildman–Crippen MR) is 124 cm³/mol. The molecule has 1 fully saturated rings. The molecule has 1 aromatic carbocycles. The highest BCUT2D eigenvalue weighted by Gasteiger charge is 2.27. The molecule has 158 valence electrons. The third-order valence-corrected chi connectivity index (χ3v) is 6.53. The Kier molecular flexibility index (Phi) is 6.45. The molecule has 1 atom stereocenters. The first-order valence-corrected chi connectivity index (χ1v) is 11.1. The topological polar surface area (TPSA) is 37.4 Å². The molecule has 1 aromatic heterocycles. The van der Waals surface area contributed by atoms with Crippen molar-refractivity contribution in [3.05, 3.63) is 77.1 Å². The van der Waals surface area contributed by atoms with E-state index < -0.39 is 0 Å². The summed E-state index contributed by atoms with van der Waals surface area (Å²) in [6.45, 7) is 5.22. The number of rotatable bonds is 6. The molecule has 1 unspecified atom stereocenters. The minimum absolute atomic E-state index is 0.117. The number of methoxy groups -OCH3 is 1. The zero-order chi connectivity index (χ0) is 21.0. The van der Waals surface area contributed by atoms with E-state index in [0.29, 0.717) is 6.04 Å². The van der Waals surface area contributed by atoms with E-state index in [4.69, 9.17) is 21.3 Å². The number of piperidine rings is 1. The van der Waals surface area contributed by atoms with Crippen LogP contribution in [0.15, 0.2) is 65.9 Å². The number of allylic oxidation sites excluding steroid dienone is 4. The second-order valence-corrected chi connectivity index (χ2v) is 8.84. The fourth-order valence-electron chi connectivity index (χ4n) is 4.30. The highest BCUT2D eigenvalue weighted by molar-refractivity contribution is 6.31. The number of aromatic nitrogens is 1. The van der Waals surface area contributed by atoms with Gasteiger partial charge in [0.15, 0.2) is 0 Å². The van der Waals surface area contributed by atoms with Crippen LogP contribution >= 0.6 is 11.6 Å². The standard InChI is InChI=1S/C25H30ClN3O/c1-25(12-7-20(26)8-13-25)24-17-19(9-16-28-24)18-29(22-10-14-27-15-11-22)21-3-5-23(30-2)6-4-21/h3-9,12,16-17,22,27H,10-11,13-15,18H2,1-2H3. The molecular formula is C25H30ClN3O. The summed E-state index contributed by atoms with van der Waals surface area (Å²) in [6.07, 6.45) is 11.3. The largest absolute Gasteiger partial charge is 0.497 e. The number of nitrogens with one attached hydrogen (secondary N) is 1. The van der Waals surface area contributed by atoms with Gasteiger partial charge in [0.1, 0.15) is 5.75 Å². The molecule has 5 heteroatoms. The molecule has 0 saturated carbocycles. The van der Waals surface area contributed by atoms with Crippen LogP contribution in [0.5, 0.6) is 5.75 Å². The Morgan fingerprint density at radius 3 is 2.63 bits per heavy atom. The quantitative estimate of drug-likeness (QED) is 0.693. The van der Waals surface area contributed by atoms with Crippen molar-refractivity contribution in [2.45, 2.75) is 44.2 Å². The van der Waals surface area contributed by atoms with Crippen molar-refractivity contribution in [1.29, 1.82) is 0 Å². The van der Waals surface area contributed by atoms with Crippen LogP contribution in [0.1, 0.15) is 37.4 Å². The highest BCUT2D eigenvalue weighted by atomic mass is 35.5. The first-order valence-electron chi connectivity index (χ1n) is 10.7. The van der Waals surface area contributed by atoms with Crippen LogP contribution in [-0.4, -0.2) is 31.2 Å². The molecule has 1 saturated heterocycles. The Morgan fingerprint density at radius 2 is 1.97 bits per heavy atom. The Morgan fingerprint density at radius 1 is 1.20 bits per heavy atom. The molecule has 0 bridgehead atoms. The Bertz CT molecular complexity index is 918. The van der Waals surface area contributed by atoms with Crippen LogP contribution in [0, 0.1) is 0 Å². The maximum Gasteiger partial charge on any atom is 0.119 e. The van der Waals surface area contributed by atoms with Crippen LogP contribution in [0.2, 0.25) is 0 Å². The number of benzene rings is 1. The third kappa shape index (κ3) is 4.71. The summed E-state index contributed by atoms with van der Waals surface area (Å²) in [5.41, 5.74) is 3.49. The lowest BCUT2D eigenvalue weighted by atomic mass is 9.80. The van der Waals surface area contributed by atoms with Gasteiger partial charge in [-0.15, -0.1) is 0 Å². The van der Waals surface area contributed by atoms with E-state index in [2.05, 4.69) is 53.6 Å². The molecule has 0 amide bonds. The summed E-state index contributed by atoms with van der Waals surface area (Å²) in [6, 6.07) is 13.3. The van der Waals surface area contributed by atoms with E-state index in [9.17, 15) is 0 Å². The van der Waals surface area contributed by atoms with Gasteiger partial charge in [-0.3, -0.25) is 4.98 Å². The summed E-state index contributed by atoms with van der Waals surface area (Å²) in [5, 5.41) is 4.29. The van der Waals surface area contributed by atoms with Gasteiger partial charge in [0.05, 0.1) is 12.8 Å². The zero-order valence-electron chi connectivity index (χ0n) is 17.8. The molecule has 4 rings (SSSR count). The van der Waals surface area contributed by atoms with Gasteiger partial charge >= 0.3 is 0 Å². The van der Waals surface area contributed by atoms with Crippen LogP contribution in [-0.2, 0) is 12.0 Å². The molecule has 0 spiro atoms. The van der Waals surface area contributed by atoms with Crippen molar-refractivity contribution < 1.29 is 4.74 Å². The molecule has 1 N–H and O–H groups in total. The summed E-state index contributed by atoms with van der Waals surface area (Å²) >= 11 is 6.14. The maximum atomic E-state index is 6.14. The molecular weight excluding hydrogens is 394 g/mol. The molecule has 1 aliphatic carbocycles. The van der Waals surface area contributed by atoms with Crippen LogP contribution < -0.4 is 15.0 Å². The van der Waals surface area contributed by atoms with Gasteiger partial charge in [-0.1, -0.05) is 30.7 Å². The van der Waals surface area contributed by atoms with E-state index in [-0.39, 0.29) is 5.41 Å². The van der Waals surface area contributed by atoms with Gasteiger partial charge in [-0.25, -0.2) is 0 Å². The molecule has 2 aliphatic rings. The lowest BCUT2D eigenvalue weighted by Gasteiger charge is -2.37. The van der Waals surface area contributed by atoms with Crippen molar-refractivity contribution >= 4 is 17.3 Å². The molecule has 1 aliphatic heterocycles. The Balaban J connectivity index is 1.60. The average Bonchev–Trinajstić information content (AvgIpc) is 2.80. The third-order valence-electron chi connectivity index (χ3n) is 6.25. The average molecular weight is 424 g/mol. The minimum Gasteiger partial charge on any atom is -0.497 e. The first-order chi connectivity index (χ1) is 14.6. The SMILES string of the molecule is COc1ccc(N(Cc2ccnc(C3(C)C=CC(Cl)=CC3)c2)C2CCNCC2)cc1. The molecule has 2 aromatic rings. The van der Waals surface area contributed by atoms with Gasteiger partial charge < -0.3 is 15.0 Å². The second-order valence-electron chi connectivity index (χ2n) is 8.40. The number of halogens is 1. The maximum absolute atomic E-state index is 6.14. The zero-order valence-corrected chi connectivity index (χ0v) is 18.5.